The number of hydrogen-bond donors (Lipinski definition) is 2. The smallest absolute Gasteiger partial charge is 0.119 e. The summed E-state index contributed by atoms with van der Waals surface area (Å²) in [5.41, 5.74) is 5.68. The van der Waals surface area contributed by atoms with Gasteiger partial charge in [-0.1, -0.05) is 0 Å². The largest absolute Gasteiger partial charge is 0.508 e. The number of aromatic hydroxyl groups is 1. The van der Waals surface area contributed by atoms with E-state index in [0.717, 1.165) is 11.7 Å². The van der Waals surface area contributed by atoms with Gasteiger partial charge in [0.1, 0.15) is 11.5 Å². The summed E-state index contributed by atoms with van der Waals surface area (Å²) in [6.45, 7) is 1.38. The van der Waals surface area contributed by atoms with Gasteiger partial charge >= 0.3 is 0 Å². The topological polar surface area (TPSA) is 55.5 Å². The van der Waals surface area contributed by atoms with E-state index in [0.29, 0.717) is 19.1 Å². The zero-order valence-electron chi connectivity index (χ0n) is 8.73. The van der Waals surface area contributed by atoms with Gasteiger partial charge in [0.15, 0.2) is 0 Å². The van der Waals surface area contributed by atoms with E-state index < -0.39 is 0 Å². The lowest BCUT2D eigenvalue weighted by Crippen LogP contribution is -2.23. The maximum absolute atomic E-state index is 9.10. The number of phenols is 1. The van der Waals surface area contributed by atoms with Gasteiger partial charge < -0.3 is 15.6 Å². The van der Waals surface area contributed by atoms with Crippen LogP contribution in [0.3, 0.4) is 0 Å². The van der Waals surface area contributed by atoms with Gasteiger partial charge in [-0.15, -0.1) is 0 Å². The Balaban J connectivity index is 1.83. The Morgan fingerprint density at radius 1 is 1.33 bits per heavy atom. The Kier molecular flexibility index (Phi) is 3.11. The fraction of sp³-hybridized carbons (Fsp3) is 0.500. The van der Waals surface area contributed by atoms with E-state index in [2.05, 4.69) is 0 Å². The minimum Gasteiger partial charge on any atom is -0.508 e. The van der Waals surface area contributed by atoms with Crippen molar-refractivity contribution in [2.45, 2.75) is 12.8 Å². The summed E-state index contributed by atoms with van der Waals surface area (Å²) in [5, 5.41) is 9.10. The normalized spacial score (nSPS) is 17.4. The molecule has 3 N–H and O–H groups in total. The molecule has 1 aliphatic carbocycles. The molecule has 1 aliphatic rings. The average Bonchev–Trinajstić information content (AvgIpc) is 3.06. The molecule has 1 unspecified atom stereocenters. The number of phenolic OH excluding ortho intramolecular Hbond substituents is 1. The van der Waals surface area contributed by atoms with Crippen molar-refractivity contribution < 1.29 is 9.84 Å². The Morgan fingerprint density at radius 2 is 2.00 bits per heavy atom. The van der Waals surface area contributed by atoms with Gasteiger partial charge in [-0.3, -0.25) is 0 Å². The van der Waals surface area contributed by atoms with Crippen LogP contribution in [-0.2, 0) is 0 Å². The summed E-state index contributed by atoms with van der Waals surface area (Å²) in [6.07, 6.45) is 2.58. The first kappa shape index (κ1) is 10.3. The van der Waals surface area contributed by atoms with Crippen LogP contribution in [0.1, 0.15) is 12.8 Å². The maximum atomic E-state index is 9.10. The van der Waals surface area contributed by atoms with Crippen molar-refractivity contribution in [1.82, 2.24) is 0 Å². The van der Waals surface area contributed by atoms with Crippen molar-refractivity contribution >= 4 is 0 Å². The average molecular weight is 207 g/mol. The highest BCUT2D eigenvalue weighted by Crippen LogP contribution is 2.36. The summed E-state index contributed by atoms with van der Waals surface area (Å²) in [5.74, 6) is 2.32. The first-order valence-electron chi connectivity index (χ1n) is 5.41. The molecule has 1 saturated carbocycles. The molecule has 2 rings (SSSR count). The summed E-state index contributed by atoms with van der Waals surface area (Å²) in [7, 11) is 0. The third kappa shape index (κ3) is 2.86. The first-order chi connectivity index (χ1) is 7.29. The molecule has 3 heteroatoms. The first-order valence-corrected chi connectivity index (χ1v) is 5.41. The Morgan fingerprint density at radius 3 is 2.53 bits per heavy atom. The lowest BCUT2D eigenvalue weighted by molar-refractivity contribution is 0.235. The minimum absolute atomic E-state index is 0.264. The van der Waals surface area contributed by atoms with Crippen LogP contribution in [-0.4, -0.2) is 18.3 Å². The number of ether oxygens (including phenoxy) is 1. The molecule has 0 amide bonds. The molecule has 1 aromatic carbocycles. The fourth-order valence-electron chi connectivity index (χ4n) is 1.71. The molecule has 1 fully saturated rings. The van der Waals surface area contributed by atoms with Gasteiger partial charge in [-0.2, -0.15) is 0 Å². The highest BCUT2D eigenvalue weighted by atomic mass is 16.5. The van der Waals surface area contributed by atoms with E-state index in [1.165, 1.54) is 12.8 Å². The molecule has 0 spiro atoms. The molecule has 15 heavy (non-hydrogen) atoms. The second-order valence-electron chi connectivity index (χ2n) is 4.14. The van der Waals surface area contributed by atoms with Crippen molar-refractivity contribution in [3.05, 3.63) is 24.3 Å². The molecule has 0 bridgehead atoms. The molecule has 0 radical (unpaired) electrons. The zero-order chi connectivity index (χ0) is 10.7. The number of hydrogen-bond acceptors (Lipinski definition) is 3. The molecular formula is C12H17NO2. The van der Waals surface area contributed by atoms with E-state index in [9.17, 15) is 0 Å². The van der Waals surface area contributed by atoms with E-state index in [1.807, 2.05) is 0 Å². The van der Waals surface area contributed by atoms with Gasteiger partial charge in [-0.05, 0) is 49.6 Å². The maximum Gasteiger partial charge on any atom is 0.119 e. The standard InChI is InChI=1S/C12H17NO2/c13-7-10(9-1-2-9)8-15-12-5-3-11(14)4-6-12/h3-6,9-10,14H,1-2,7-8,13H2. The van der Waals surface area contributed by atoms with Crippen LogP contribution in [0.2, 0.25) is 0 Å². The summed E-state index contributed by atoms with van der Waals surface area (Å²) >= 11 is 0. The molecule has 0 heterocycles. The van der Waals surface area contributed by atoms with Crippen LogP contribution < -0.4 is 10.5 Å². The molecule has 0 aliphatic heterocycles. The lowest BCUT2D eigenvalue weighted by atomic mass is 10.1. The molecule has 0 aromatic heterocycles. The predicted molar refractivity (Wildman–Crippen MR) is 58.9 cm³/mol. The van der Waals surface area contributed by atoms with Crippen molar-refractivity contribution in [2.24, 2.45) is 17.6 Å². The monoisotopic (exact) mass is 207 g/mol. The van der Waals surface area contributed by atoms with E-state index in [-0.39, 0.29) is 5.75 Å². The molecule has 1 aromatic rings. The summed E-state index contributed by atoms with van der Waals surface area (Å²) in [6, 6.07) is 6.80. The summed E-state index contributed by atoms with van der Waals surface area (Å²) < 4.78 is 5.62. The van der Waals surface area contributed by atoms with Crippen LogP contribution in [0.4, 0.5) is 0 Å². The highest BCUT2D eigenvalue weighted by molar-refractivity contribution is 5.30. The second-order valence-corrected chi connectivity index (χ2v) is 4.14. The van der Waals surface area contributed by atoms with Crippen molar-refractivity contribution in [3.8, 4) is 11.5 Å². The highest BCUT2D eigenvalue weighted by Gasteiger charge is 2.30. The molecule has 3 nitrogen and oxygen atoms in total. The molecule has 0 saturated heterocycles. The van der Waals surface area contributed by atoms with E-state index >= 15 is 0 Å². The Hall–Kier alpha value is -1.22. The van der Waals surface area contributed by atoms with E-state index in [4.69, 9.17) is 15.6 Å². The number of benzene rings is 1. The summed E-state index contributed by atoms with van der Waals surface area (Å²) in [4.78, 5) is 0. The van der Waals surface area contributed by atoms with Gasteiger partial charge in [0, 0.05) is 5.92 Å². The molecule has 82 valence electrons. The van der Waals surface area contributed by atoms with Gasteiger partial charge in [0.2, 0.25) is 0 Å². The third-order valence-corrected chi connectivity index (χ3v) is 2.89. The molecular weight excluding hydrogens is 190 g/mol. The van der Waals surface area contributed by atoms with Gasteiger partial charge in [-0.25, -0.2) is 0 Å². The number of nitrogens with two attached hydrogens (primary N) is 1. The van der Waals surface area contributed by atoms with Crippen LogP contribution in [0, 0.1) is 11.8 Å². The van der Waals surface area contributed by atoms with Gasteiger partial charge in [0.05, 0.1) is 6.61 Å². The zero-order valence-corrected chi connectivity index (χ0v) is 8.73. The van der Waals surface area contributed by atoms with Crippen LogP contribution >= 0.6 is 0 Å². The van der Waals surface area contributed by atoms with E-state index in [1.54, 1.807) is 24.3 Å². The third-order valence-electron chi connectivity index (χ3n) is 2.89. The quantitative estimate of drug-likeness (QED) is 0.773. The number of rotatable bonds is 5. The Labute approximate surface area is 89.9 Å². The Bertz CT molecular complexity index is 306. The van der Waals surface area contributed by atoms with Crippen LogP contribution in [0.5, 0.6) is 11.5 Å². The van der Waals surface area contributed by atoms with Crippen molar-refractivity contribution in [3.63, 3.8) is 0 Å². The van der Waals surface area contributed by atoms with Crippen LogP contribution in [0.15, 0.2) is 24.3 Å². The van der Waals surface area contributed by atoms with Crippen molar-refractivity contribution in [2.75, 3.05) is 13.2 Å². The molecule has 1 atom stereocenters. The predicted octanol–water partition coefficient (Wildman–Crippen LogP) is 1.76. The minimum atomic E-state index is 0.264. The fourth-order valence-corrected chi connectivity index (χ4v) is 1.71. The lowest BCUT2D eigenvalue weighted by Gasteiger charge is -2.14. The van der Waals surface area contributed by atoms with Crippen molar-refractivity contribution in [1.29, 1.82) is 0 Å². The second kappa shape index (κ2) is 4.53. The van der Waals surface area contributed by atoms with Crippen LogP contribution in [0.25, 0.3) is 0 Å². The SMILES string of the molecule is NCC(COc1ccc(O)cc1)C1CC1. The van der Waals surface area contributed by atoms with Gasteiger partial charge in [0.25, 0.3) is 0 Å².